The lowest BCUT2D eigenvalue weighted by Gasteiger charge is -2.09. The largest absolute Gasteiger partial charge is 0.397 e. The van der Waals surface area contributed by atoms with E-state index in [0.717, 1.165) is 11.4 Å². The van der Waals surface area contributed by atoms with Crippen LogP contribution in [0.3, 0.4) is 0 Å². The minimum Gasteiger partial charge on any atom is -0.397 e. The zero-order chi connectivity index (χ0) is 10.7. The van der Waals surface area contributed by atoms with Crippen molar-refractivity contribution in [2.45, 2.75) is 0 Å². The van der Waals surface area contributed by atoms with E-state index in [-0.39, 0.29) is 0 Å². The van der Waals surface area contributed by atoms with Gasteiger partial charge in [0.2, 0.25) is 0 Å². The van der Waals surface area contributed by atoms with Crippen LogP contribution in [0.1, 0.15) is 0 Å². The van der Waals surface area contributed by atoms with E-state index in [0.29, 0.717) is 10.7 Å². The van der Waals surface area contributed by atoms with Crippen molar-refractivity contribution in [3.63, 3.8) is 0 Å². The Hall–Kier alpha value is -1.67. The number of para-hydroxylation sites is 1. The number of hydrogen-bond acceptors (Lipinski definition) is 2. The zero-order valence-corrected chi connectivity index (χ0v) is 8.83. The average Bonchev–Trinajstić information content (AvgIpc) is 2.24. The molecule has 0 bridgehead atoms. The predicted molar refractivity (Wildman–Crippen MR) is 65.6 cm³/mol. The molecule has 76 valence electrons. The summed E-state index contributed by atoms with van der Waals surface area (Å²) in [5, 5.41) is 3.86. The van der Waals surface area contributed by atoms with Gasteiger partial charge in [0.15, 0.2) is 0 Å². The fourth-order valence-electron chi connectivity index (χ4n) is 1.32. The molecule has 0 radical (unpaired) electrons. The molecule has 0 aliphatic carbocycles. The van der Waals surface area contributed by atoms with Gasteiger partial charge >= 0.3 is 0 Å². The van der Waals surface area contributed by atoms with Crippen molar-refractivity contribution in [1.82, 2.24) is 0 Å². The molecular weight excluding hydrogens is 208 g/mol. The van der Waals surface area contributed by atoms with Crippen LogP contribution in [0.15, 0.2) is 48.5 Å². The van der Waals surface area contributed by atoms with E-state index in [1.165, 1.54) is 0 Å². The molecule has 2 aromatic rings. The molecular formula is C12H11ClN2. The monoisotopic (exact) mass is 218 g/mol. The lowest BCUT2D eigenvalue weighted by molar-refractivity contribution is 1.55. The normalized spacial score (nSPS) is 9.93. The second kappa shape index (κ2) is 4.24. The molecule has 0 aromatic heterocycles. The Balaban J connectivity index is 2.25. The summed E-state index contributed by atoms with van der Waals surface area (Å²) in [5.41, 5.74) is 8.34. The minimum atomic E-state index is 0.645. The second-order valence-corrected chi connectivity index (χ2v) is 3.66. The van der Waals surface area contributed by atoms with Crippen LogP contribution in [0.2, 0.25) is 5.02 Å². The van der Waals surface area contributed by atoms with E-state index in [9.17, 15) is 0 Å². The van der Waals surface area contributed by atoms with Crippen molar-refractivity contribution in [3.05, 3.63) is 53.6 Å². The molecule has 15 heavy (non-hydrogen) atoms. The standard InChI is InChI=1S/C12H11ClN2/c13-9-6-7-12(11(14)8-9)15-10-4-2-1-3-5-10/h1-8,15H,14H2. The van der Waals surface area contributed by atoms with Crippen LogP contribution in [0.4, 0.5) is 17.1 Å². The van der Waals surface area contributed by atoms with Gasteiger partial charge in [0, 0.05) is 10.7 Å². The summed E-state index contributed by atoms with van der Waals surface area (Å²) in [5.74, 6) is 0. The van der Waals surface area contributed by atoms with Crippen molar-refractivity contribution in [2.75, 3.05) is 11.1 Å². The van der Waals surface area contributed by atoms with E-state index in [2.05, 4.69) is 5.32 Å². The predicted octanol–water partition coefficient (Wildman–Crippen LogP) is 3.67. The quantitative estimate of drug-likeness (QED) is 0.755. The lowest BCUT2D eigenvalue weighted by Crippen LogP contribution is -1.95. The van der Waals surface area contributed by atoms with Gasteiger partial charge in [0.05, 0.1) is 11.4 Å². The van der Waals surface area contributed by atoms with Crippen molar-refractivity contribution in [3.8, 4) is 0 Å². The molecule has 2 rings (SSSR count). The Morgan fingerprint density at radius 3 is 2.40 bits per heavy atom. The fraction of sp³-hybridized carbons (Fsp3) is 0. The van der Waals surface area contributed by atoms with E-state index < -0.39 is 0 Å². The first-order valence-electron chi connectivity index (χ1n) is 4.63. The molecule has 0 fully saturated rings. The summed E-state index contributed by atoms with van der Waals surface area (Å²) >= 11 is 5.81. The van der Waals surface area contributed by atoms with E-state index in [1.807, 2.05) is 42.5 Å². The maximum atomic E-state index is 5.82. The van der Waals surface area contributed by atoms with Crippen LogP contribution < -0.4 is 11.1 Å². The maximum Gasteiger partial charge on any atom is 0.0618 e. The molecule has 0 aliphatic heterocycles. The molecule has 3 heteroatoms. The molecule has 0 atom stereocenters. The van der Waals surface area contributed by atoms with Gasteiger partial charge in [-0.15, -0.1) is 0 Å². The second-order valence-electron chi connectivity index (χ2n) is 3.22. The maximum absolute atomic E-state index is 5.82. The highest BCUT2D eigenvalue weighted by atomic mass is 35.5. The van der Waals surface area contributed by atoms with Gasteiger partial charge < -0.3 is 11.1 Å². The number of halogens is 1. The van der Waals surface area contributed by atoms with Crippen molar-refractivity contribution in [2.24, 2.45) is 0 Å². The SMILES string of the molecule is Nc1cc(Cl)ccc1Nc1ccccc1. The third-order valence-electron chi connectivity index (χ3n) is 2.07. The van der Waals surface area contributed by atoms with Crippen LogP contribution in [-0.2, 0) is 0 Å². The van der Waals surface area contributed by atoms with E-state index in [1.54, 1.807) is 6.07 Å². The van der Waals surface area contributed by atoms with Crippen molar-refractivity contribution < 1.29 is 0 Å². The Bertz CT molecular complexity index is 454. The summed E-state index contributed by atoms with van der Waals surface area (Å²) in [6.45, 7) is 0. The summed E-state index contributed by atoms with van der Waals surface area (Å²) in [6.07, 6.45) is 0. The third-order valence-corrected chi connectivity index (χ3v) is 2.30. The molecule has 0 heterocycles. The first kappa shape index (κ1) is 9.87. The molecule has 0 spiro atoms. The van der Waals surface area contributed by atoms with Crippen molar-refractivity contribution >= 4 is 28.7 Å². The molecule has 0 amide bonds. The lowest BCUT2D eigenvalue weighted by atomic mass is 10.2. The molecule has 0 saturated carbocycles. The molecule has 3 N–H and O–H groups in total. The Kier molecular flexibility index (Phi) is 2.79. The van der Waals surface area contributed by atoms with Crippen LogP contribution in [-0.4, -0.2) is 0 Å². The van der Waals surface area contributed by atoms with Gasteiger partial charge in [-0.25, -0.2) is 0 Å². The van der Waals surface area contributed by atoms with Gasteiger partial charge in [0.25, 0.3) is 0 Å². The molecule has 0 saturated heterocycles. The number of benzene rings is 2. The third kappa shape index (κ3) is 2.42. The highest BCUT2D eigenvalue weighted by molar-refractivity contribution is 6.31. The van der Waals surface area contributed by atoms with Gasteiger partial charge in [-0.2, -0.15) is 0 Å². The smallest absolute Gasteiger partial charge is 0.0618 e. The van der Waals surface area contributed by atoms with Gasteiger partial charge in [-0.1, -0.05) is 29.8 Å². The van der Waals surface area contributed by atoms with Gasteiger partial charge in [0.1, 0.15) is 0 Å². The first-order chi connectivity index (χ1) is 7.25. The number of hydrogen-bond donors (Lipinski definition) is 2. The molecule has 2 nitrogen and oxygen atoms in total. The van der Waals surface area contributed by atoms with Gasteiger partial charge in [-0.3, -0.25) is 0 Å². The minimum absolute atomic E-state index is 0.645. The van der Waals surface area contributed by atoms with Crippen LogP contribution in [0, 0.1) is 0 Å². The summed E-state index contributed by atoms with van der Waals surface area (Å²) in [7, 11) is 0. The Labute approximate surface area is 93.7 Å². The summed E-state index contributed by atoms with van der Waals surface area (Å²) < 4.78 is 0. The van der Waals surface area contributed by atoms with Crippen molar-refractivity contribution in [1.29, 1.82) is 0 Å². The fourth-order valence-corrected chi connectivity index (χ4v) is 1.50. The summed E-state index contributed by atoms with van der Waals surface area (Å²) in [6, 6.07) is 15.3. The first-order valence-corrected chi connectivity index (χ1v) is 5.00. The molecule has 0 aliphatic rings. The van der Waals surface area contributed by atoms with Crippen LogP contribution in [0.5, 0.6) is 0 Å². The highest BCUT2D eigenvalue weighted by Crippen LogP contribution is 2.25. The van der Waals surface area contributed by atoms with Crippen LogP contribution >= 0.6 is 11.6 Å². The van der Waals surface area contributed by atoms with E-state index >= 15 is 0 Å². The number of anilines is 3. The summed E-state index contributed by atoms with van der Waals surface area (Å²) in [4.78, 5) is 0. The average molecular weight is 219 g/mol. The van der Waals surface area contributed by atoms with Gasteiger partial charge in [-0.05, 0) is 30.3 Å². The number of nitrogens with one attached hydrogen (secondary N) is 1. The Morgan fingerprint density at radius 2 is 1.73 bits per heavy atom. The number of rotatable bonds is 2. The number of nitrogens with two attached hydrogens (primary N) is 1. The molecule has 0 unspecified atom stereocenters. The molecule has 2 aromatic carbocycles. The zero-order valence-electron chi connectivity index (χ0n) is 8.07. The van der Waals surface area contributed by atoms with Crippen LogP contribution in [0.25, 0.3) is 0 Å². The Morgan fingerprint density at radius 1 is 1.00 bits per heavy atom. The topological polar surface area (TPSA) is 38.0 Å². The van der Waals surface area contributed by atoms with E-state index in [4.69, 9.17) is 17.3 Å². The highest BCUT2D eigenvalue weighted by Gasteiger charge is 1.99. The number of nitrogen functional groups attached to an aromatic ring is 1.